The van der Waals surface area contributed by atoms with Crippen molar-refractivity contribution in [3.8, 4) is 0 Å². The van der Waals surface area contributed by atoms with E-state index < -0.39 is 0 Å². The second-order valence-corrected chi connectivity index (χ2v) is 6.42. The quantitative estimate of drug-likeness (QED) is 0.605. The van der Waals surface area contributed by atoms with Crippen molar-refractivity contribution in [2.24, 2.45) is 16.1 Å². The maximum absolute atomic E-state index is 6.03. The molecular weight excluding hydrogens is 238 g/mol. The van der Waals surface area contributed by atoms with Crippen LogP contribution < -0.4 is 11.1 Å². The van der Waals surface area contributed by atoms with Crippen molar-refractivity contribution in [3.63, 3.8) is 0 Å². The third-order valence-electron chi connectivity index (χ3n) is 5.12. The van der Waals surface area contributed by atoms with Crippen LogP contribution >= 0.6 is 0 Å². The highest BCUT2D eigenvalue weighted by Crippen LogP contribution is 2.54. The van der Waals surface area contributed by atoms with Gasteiger partial charge in [-0.25, -0.2) is 4.99 Å². The number of hydrogen-bond donors (Lipinski definition) is 2. The van der Waals surface area contributed by atoms with Crippen molar-refractivity contribution < 1.29 is 4.74 Å². The lowest BCUT2D eigenvalue weighted by Crippen LogP contribution is -2.59. The molecule has 3 N–H and O–H groups in total. The Balaban J connectivity index is 1.66. The molecule has 0 aromatic heterocycles. The monoisotopic (exact) mass is 265 g/mol. The summed E-state index contributed by atoms with van der Waals surface area (Å²) in [5.41, 5.74) is 6.33. The smallest absolute Gasteiger partial charge is 0.189 e. The minimum Gasteiger partial charge on any atom is -0.378 e. The third kappa shape index (κ3) is 2.60. The first-order valence-electron chi connectivity index (χ1n) is 7.96. The summed E-state index contributed by atoms with van der Waals surface area (Å²) in [6.45, 7) is 2.91. The summed E-state index contributed by atoms with van der Waals surface area (Å²) in [6.07, 6.45) is 10.5. The molecule has 0 amide bonds. The molecule has 0 saturated heterocycles. The van der Waals surface area contributed by atoms with E-state index >= 15 is 0 Å². The van der Waals surface area contributed by atoms with Gasteiger partial charge in [0.25, 0.3) is 0 Å². The van der Waals surface area contributed by atoms with Gasteiger partial charge in [0, 0.05) is 18.1 Å². The molecule has 3 rings (SSSR count). The maximum Gasteiger partial charge on any atom is 0.189 e. The van der Waals surface area contributed by atoms with E-state index in [1.807, 2.05) is 0 Å². The SMILES string of the molecule is CCOC1CC(N=C(N)NC2CC2)C12CCCCC2. The van der Waals surface area contributed by atoms with E-state index in [9.17, 15) is 0 Å². The van der Waals surface area contributed by atoms with Crippen LogP contribution in [0.1, 0.15) is 58.3 Å². The summed E-state index contributed by atoms with van der Waals surface area (Å²) < 4.78 is 5.95. The molecule has 3 aliphatic rings. The summed E-state index contributed by atoms with van der Waals surface area (Å²) in [4.78, 5) is 4.78. The normalized spacial score (nSPS) is 34.1. The summed E-state index contributed by atoms with van der Waals surface area (Å²) in [5.74, 6) is 0.660. The van der Waals surface area contributed by atoms with Crippen LogP contribution in [0, 0.1) is 5.41 Å². The van der Waals surface area contributed by atoms with Crippen LogP contribution in [0.3, 0.4) is 0 Å². The van der Waals surface area contributed by atoms with E-state index in [2.05, 4.69) is 12.2 Å². The molecule has 0 aromatic carbocycles. The van der Waals surface area contributed by atoms with Gasteiger partial charge in [-0.05, 0) is 39.0 Å². The molecule has 19 heavy (non-hydrogen) atoms. The number of nitrogens with two attached hydrogens (primary N) is 1. The number of rotatable bonds is 4. The Bertz CT molecular complexity index is 345. The second kappa shape index (κ2) is 5.31. The summed E-state index contributed by atoms with van der Waals surface area (Å²) in [7, 11) is 0. The average molecular weight is 265 g/mol. The first-order chi connectivity index (χ1) is 9.24. The van der Waals surface area contributed by atoms with Gasteiger partial charge in [-0.2, -0.15) is 0 Å². The van der Waals surface area contributed by atoms with Crippen molar-refractivity contribution in [1.82, 2.24) is 5.32 Å². The minimum atomic E-state index is 0.296. The van der Waals surface area contributed by atoms with Gasteiger partial charge in [-0.15, -0.1) is 0 Å². The first-order valence-corrected chi connectivity index (χ1v) is 7.96. The van der Waals surface area contributed by atoms with Crippen LogP contribution in [0.5, 0.6) is 0 Å². The fourth-order valence-corrected chi connectivity index (χ4v) is 3.85. The van der Waals surface area contributed by atoms with Gasteiger partial charge >= 0.3 is 0 Å². The Morgan fingerprint density at radius 1 is 1.32 bits per heavy atom. The van der Waals surface area contributed by atoms with Gasteiger partial charge in [-0.3, -0.25) is 0 Å². The van der Waals surface area contributed by atoms with Crippen molar-refractivity contribution >= 4 is 5.96 Å². The Labute approximate surface area is 116 Å². The fraction of sp³-hybridized carbons (Fsp3) is 0.933. The predicted molar refractivity (Wildman–Crippen MR) is 77.1 cm³/mol. The molecule has 3 aliphatic carbocycles. The van der Waals surface area contributed by atoms with Crippen LogP contribution in [-0.2, 0) is 4.74 Å². The van der Waals surface area contributed by atoms with Crippen LogP contribution in [0.25, 0.3) is 0 Å². The average Bonchev–Trinajstić information content (AvgIpc) is 3.22. The highest BCUT2D eigenvalue weighted by atomic mass is 16.5. The number of hydrogen-bond acceptors (Lipinski definition) is 2. The largest absolute Gasteiger partial charge is 0.378 e. The van der Waals surface area contributed by atoms with Gasteiger partial charge in [0.1, 0.15) is 0 Å². The fourth-order valence-electron chi connectivity index (χ4n) is 3.85. The maximum atomic E-state index is 6.03. The first kappa shape index (κ1) is 13.2. The van der Waals surface area contributed by atoms with Gasteiger partial charge < -0.3 is 15.8 Å². The molecule has 0 heterocycles. The number of aliphatic imine (C=N–C) groups is 1. The van der Waals surface area contributed by atoms with Gasteiger partial charge in [0.15, 0.2) is 5.96 Å². The Morgan fingerprint density at radius 2 is 2.05 bits per heavy atom. The molecule has 0 aliphatic heterocycles. The molecule has 0 radical (unpaired) electrons. The summed E-state index contributed by atoms with van der Waals surface area (Å²) in [5, 5.41) is 3.31. The molecule has 108 valence electrons. The van der Waals surface area contributed by atoms with E-state index in [0.29, 0.717) is 29.6 Å². The van der Waals surface area contributed by atoms with Gasteiger partial charge in [0.05, 0.1) is 12.1 Å². The van der Waals surface area contributed by atoms with E-state index in [-0.39, 0.29) is 0 Å². The van der Waals surface area contributed by atoms with E-state index in [0.717, 1.165) is 13.0 Å². The molecule has 3 fully saturated rings. The minimum absolute atomic E-state index is 0.296. The molecular formula is C15H27N3O. The van der Waals surface area contributed by atoms with Crippen LogP contribution in [0.2, 0.25) is 0 Å². The standard InChI is InChI=1S/C15H27N3O/c1-2-19-13-10-12(15(13)8-4-3-5-9-15)18-14(16)17-11-6-7-11/h11-13H,2-10H2,1H3,(H3,16,17,18). The van der Waals surface area contributed by atoms with Gasteiger partial charge in [-0.1, -0.05) is 19.3 Å². The highest BCUT2D eigenvalue weighted by Gasteiger charge is 2.55. The van der Waals surface area contributed by atoms with Crippen molar-refractivity contribution in [3.05, 3.63) is 0 Å². The summed E-state index contributed by atoms with van der Waals surface area (Å²) >= 11 is 0. The second-order valence-electron chi connectivity index (χ2n) is 6.42. The Kier molecular flexibility index (Phi) is 3.70. The Hall–Kier alpha value is -0.770. The highest BCUT2D eigenvalue weighted by molar-refractivity contribution is 5.78. The molecule has 3 saturated carbocycles. The lowest BCUT2D eigenvalue weighted by Gasteiger charge is -2.56. The van der Waals surface area contributed by atoms with Crippen molar-refractivity contribution in [1.29, 1.82) is 0 Å². The van der Waals surface area contributed by atoms with Crippen LogP contribution in [0.4, 0.5) is 0 Å². The van der Waals surface area contributed by atoms with Crippen molar-refractivity contribution in [2.75, 3.05) is 6.61 Å². The number of nitrogens with one attached hydrogen (secondary N) is 1. The third-order valence-corrected chi connectivity index (χ3v) is 5.12. The zero-order chi connectivity index (χ0) is 13.3. The van der Waals surface area contributed by atoms with E-state index in [1.54, 1.807) is 0 Å². The molecule has 1 spiro atoms. The summed E-state index contributed by atoms with van der Waals surface area (Å²) in [6, 6.07) is 0.976. The molecule has 0 aromatic rings. The molecule has 2 atom stereocenters. The van der Waals surface area contributed by atoms with E-state index in [1.165, 1.54) is 44.9 Å². The van der Waals surface area contributed by atoms with Gasteiger partial charge in [0.2, 0.25) is 0 Å². The molecule has 0 bridgehead atoms. The lowest BCUT2D eigenvalue weighted by atomic mass is 9.55. The van der Waals surface area contributed by atoms with Crippen LogP contribution in [0.15, 0.2) is 4.99 Å². The molecule has 4 nitrogen and oxygen atoms in total. The lowest BCUT2D eigenvalue weighted by molar-refractivity contribution is -0.139. The number of guanidine groups is 1. The van der Waals surface area contributed by atoms with E-state index in [4.69, 9.17) is 15.5 Å². The zero-order valence-electron chi connectivity index (χ0n) is 12.0. The zero-order valence-corrected chi connectivity index (χ0v) is 12.0. The number of nitrogens with zero attached hydrogens (tertiary/aromatic N) is 1. The molecule has 4 heteroatoms. The van der Waals surface area contributed by atoms with Crippen LogP contribution in [-0.4, -0.2) is 30.8 Å². The Morgan fingerprint density at radius 3 is 2.68 bits per heavy atom. The number of ether oxygens (including phenoxy) is 1. The predicted octanol–water partition coefficient (Wildman–Crippen LogP) is 2.18. The van der Waals surface area contributed by atoms with Crippen molar-refractivity contribution in [2.45, 2.75) is 76.5 Å². The molecule has 2 unspecified atom stereocenters. The topological polar surface area (TPSA) is 59.6 Å².